The van der Waals surface area contributed by atoms with Gasteiger partial charge < -0.3 is 19.0 Å². The number of benzene rings is 2. The van der Waals surface area contributed by atoms with Crippen molar-refractivity contribution in [1.29, 1.82) is 0 Å². The van der Waals surface area contributed by atoms with Gasteiger partial charge in [-0.25, -0.2) is 4.79 Å². The molecular formula is C24H27NO5. The van der Waals surface area contributed by atoms with Crippen LogP contribution in [-0.2, 0) is 11.3 Å². The molecule has 1 N–H and O–H groups in total. The van der Waals surface area contributed by atoms with E-state index >= 15 is 0 Å². The number of amides is 1. The molecular weight excluding hydrogens is 382 g/mol. The molecule has 0 saturated carbocycles. The van der Waals surface area contributed by atoms with Crippen LogP contribution in [0.5, 0.6) is 5.75 Å². The summed E-state index contributed by atoms with van der Waals surface area (Å²) >= 11 is 0. The van der Waals surface area contributed by atoms with Crippen LogP contribution < -0.4 is 9.64 Å². The van der Waals surface area contributed by atoms with E-state index in [1.807, 2.05) is 64.1 Å². The fourth-order valence-electron chi connectivity index (χ4n) is 3.88. The summed E-state index contributed by atoms with van der Waals surface area (Å²) in [6, 6.07) is 11.7. The highest BCUT2D eigenvalue weighted by Crippen LogP contribution is 2.47. The number of hydrogen-bond donors (Lipinski definition) is 1. The van der Waals surface area contributed by atoms with Crippen LogP contribution in [0, 0.1) is 6.92 Å². The normalized spacial score (nSPS) is 16.0. The fourth-order valence-corrected chi connectivity index (χ4v) is 3.88. The van der Waals surface area contributed by atoms with Gasteiger partial charge in [-0.05, 0) is 44.4 Å². The number of ether oxygens (including phenoxy) is 2. The first-order chi connectivity index (χ1) is 14.3. The number of aliphatic hydroxyl groups excluding tert-OH is 1. The van der Waals surface area contributed by atoms with Crippen LogP contribution in [0.3, 0.4) is 0 Å². The van der Waals surface area contributed by atoms with E-state index in [0.29, 0.717) is 30.2 Å². The average molecular weight is 409 g/mol. The number of carbonyl (C=O) groups excluding carboxylic acids is 1. The van der Waals surface area contributed by atoms with Crippen molar-refractivity contribution in [3.63, 3.8) is 0 Å². The number of rotatable bonds is 4. The lowest BCUT2D eigenvalue weighted by Crippen LogP contribution is -2.36. The van der Waals surface area contributed by atoms with Gasteiger partial charge in [-0.15, -0.1) is 0 Å². The largest absolute Gasteiger partial charge is 0.485 e. The van der Waals surface area contributed by atoms with E-state index in [1.165, 1.54) is 0 Å². The molecule has 6 heteroatoms. The van der Waals surface area contributed by atoms with Gasteiger partial charge in [0.25, 0.3) is 0 Å². The van der Waals surface area contributed by atoms with Gasteiger partial charge in [0, 0.05) is 23.9 Å². The number of anilines is 1. The van der Waals surface area contributed by atoms with E-state index < -0.39 is 11.7 Å². The zero-order valence-corrected chi connectivity index (χ0v) is 17.8. The molecule has 2 aromatic carbocycles. The van der Waals surface area contributed by atoms with E-state index in [-0.39, 0.29) is 12.5 Å². The molecule has 0 saturated heterocycles. The van der Waals surface area contributed by atoms with Gasteiger partial charge in [-0.3, -0.25) is 4.90 Å². The number of nitrogens with zero attached hydrogens (tertiary/aromatic N) is 1. The number of fused-ring (bicyclic) bond motifs is 3. The maximum atomic E-state index is 12.9. The number of hydrogen-bond acceptors (Lipinski definition) is 5. The Morgan fingerprint density at radius 1 is 1.27 bits per heavy atom. The molecule has 0 aliphatic carbocycles. The summed E-state index contributed by atoms with van der Waals surface area (Å²) in [6.45, 7) is 8.12. The van der Waals surface area contributed by atoms with E-state index in [1.54, 1.807) is 11.2 Å². The van der Waals surface area contributed by atoms with Crippen LogP contribution in [0.2, 0.25) is 0 Å². The van der Waals surface area contributed by atoms with Crippen LogP contribution in [0.1, 0.15) is 43.4 Å². The molecule has 0 radical (unpaired) electrons. The van der Waals surface area contributed by atoms with Crippen molar-refractivity contribution in [1.82, 2.24) is 0 Å². The maximum Gasteiger partial charge on any atom is 0.414 e. The number of furan rings is 1. The molecule has 0 spiro atoms. The molecule has 1 atom stereocenters. The Labute approximate surface area is 176 Å². The van der Waals surface area contributed by atoms with Crippen LogP contribution in [0.25, 0.3) is 11.0 Å². The second-order valence-corrected chi connectivity index (χ2v) is 8.68. The van der Waals surface area contributed by atoms with Crippen molar-refractivity contribution >= 4 is 22.7 Å². The van der Waals surface area contributed by atoms with Crippen molar-refractivity contribution in [2.45, 2.75) is 45.8 Å². The van der Waals surface area contributed by atoms with Gasteiger partial charge >= 0.3 is 6.09 Å². The van der Waals surface area contributed by atoms with E-state index in [9.17, 15) is 9.90 Å². The standard InChI is InChI=1S/C24H27NO5/c1-15-13-29-22-19(28-14-16-8-6-5-7-9-16)10-18-21(20(15)22)17(12-26)11-25(18)23(27)30-24(2,3)4/h5-10,13,17,26H,11-12,14H2,1-4H3. The van der Waals surface area contributed by atoms with Crippen molar-refractivity contribution in [3.05, 3.63) is 59.4 Å². The Morgan fingerprint density at radius 3 is 2.67 bits per heavy atom. The zero-order valence-electron chi connectivity index (χ0n) is 17.8. The second-order valence-electron chi connectivity index (χ2n) is 8.68. The summed E-state index contributed by atoms with van der Waals surface area (Å²) in [4.78, 5) is 14.5. The molecule has 0 fully saturated rings. The molecule has 3 aromatic rings. The lowest BCUT2D eigenvalue weighted by molar-refractivity contribution is 0.0581. The zero-order chi connectivity index (χ0) is 21.5. The Hall–Kier alpha value is -2.99. The van der Waals surface area contributed by atoms with Gasteiger partial charge in [-0.2, -0.15) is 0 Å². The minimum Gasteiger partial charge on any atom is -0.485 e. The molecule has 6 nitrogen and oxygen atoms in total. The van der Waals surface area contributed by atoms with Gasteiger partial charge in [0.2, 0.25) is 0 Å². The van der Waals surface area contributed by atoms with Crippen LogP contribution in [-0.4, -0.2) is 30.0 Å². The van der Waals surface area contributed by atoms with Crippen molar-refractivity contribution in [2.75, 3.05) is 18.1 Å². The summed E-state index contributed by atoms with van der Waals surface area (Å²) < 4.78 is 17.5. The molecule has 1 aliphatic heterocycles. The summed E-state index contributed by atoms with van der Waals surface area (Å²) in [5.41, 5.74) is 3.59. The first kappa shape index (κ1) is 20.3. The van der Waals surface area contributed by atoms with Gasteiger partial charge in [0.15, 0.2) is 11.3 Å². The van der Waals surface area contributed by atoms with Gasteiger partial charge in [0.05, 0.1) is 18.6 Å². The van der Waals surface area contributed by atoms with Gasteiger partial charge in [-0.1, -0.05) is 30.3 Å². The quantitative estimate of drug-likeness (QED) is 0.645. The highest BCUT2D eigenvalue weighted by Gasteiger charge is 2.38. The smallest absolute Gasteiger partial charge is 0.414 e. The fraction of sp³-hybridized carbons (Fsp3) is 0.375. The average Bonchev–Trinajstić information content (AvgIpc) is 3.26. The van der Waals surface area contributed by atoms with E-state index in [4.69, 9.17) is 13.9 Å². The lowest BCUT2D eigenvalue weighted by Gasteiger charge is -2.25. The highest BCUT2D eigenvalue weighted by atomic mass is 16.6. The predicted molar refractivity (Wildman–Crippen MR) is 115 cm³/mol. The summed E-state index contributed by atoms with van der Waals surface area (Å²) in [5, 5.41) is 10.9. The third-order valence-electron chi connectivity index (χ3n) is 5.19. The first-order valence-corrected chi connectivity index (χ1v) is 10.1. The number of carbonyl (C=O) groups is 1. The molecule has 30 heavy (non-hydrogen) atoms. The molecule has 4 rings (SSSR count). The SMILES string of the molecule is Cc1coc2c(OCc3ccccc3)cc3c(c12)C(CO)CN3C(=O)OC(C)(C)C. The molecule has 1 amide bonds. The van der Waals surface area contributed by atoms with E-state index in [2.05, 4.69) is 0 Å². The topological polar surface area (TPSA) is 72.1 Å². The van der Waals surface area contributed by atoms with E-state index in [0.717, 1.165) is 22.1 Å². The second kappa shape index (κ2) is 7.69. The minimum atomic E-state index is -0.614. The third-order valence-corrected chi connectivity index (χ3v) is 5.19. The lowest BCUT2D eigenvalue weighted by atomic mass is 9.96. The molecule has 0 bridgehead atoms. The molecule has 1 aliphatic rings. The Bertz CT molecular complexity index is 1060. The summed E-state index contributed by atoms with van der Waals surface area (Å²) in [7, 11) is 0. The maximum absolute atomic E-state index is 12.9. The summed E-state index contributed by atoms with van der Waals surface area (Å²) in [6.07, 6.45) is 1.25. The number of aliphatic hydroxyl groups is 1. The van der Waals surface area contributed by atoms with Crippen molar-refractivity contribution in [3.8, 4) is 5.75 Å². The Morgan fingerprint density at radius 2 is 2.00 bits per heavy atom. The van der Waals surface area contributed by atoms with Crippen LogP contribution in [0.4, 0.5) is 10.5 Å². The first-order valence-electron chi connectivity index (χ1n) is 10.1. The Kier molecular flexibility index (Phi) is 5.20. The van der Waals surface area contributed by atoms with Crippen LogP contribution in [0.15, 0.2) is 47.1 Å². The Balaban J connectivity index is 1.78. The number of aryl methyl sites for hydroxylation is 1. The molecule has 1 aromatic heterocycles. The molecule has 2 heterocycles. The summed E-state index contributed by atoms with van der Waals surface area (Å²) in [5.74, 6) is 0.349. The highest BCUT2D eigenvalue weighted by molar-refractivity contribution is 6.01. The monoisotopic (exact) mass is 409 g/mol. The van der Waals surface area contributed by atoms with Crippen LogP contribution >= 0.6 is 0 Å². The predicted octanol–water partition coefficient (Wildman–Crippen LogP) is 5.15. The van der Waals surface area contributed by atoms with Crippen molar-refractivity contribution in [2.24, 2.45) is 0 Å². The van der Waals surface area contributed by atoms with Crippen molar-refractivity contribution < 1.29 is 23.8 Å². The third kappa shape index (κ3) is 3.75. The minimum absolute atomic E-state index is 0.0732. The molecule has 158 valence electrons. The molecule has 1 unspecified atom stereocenters. The van der Waals surface area contributed by atoms with Gasteiger partial charge in [0.1, 0.15) is 12.2 Å².